The Morgan fingerprint density at radius 2 is 1.72 bits per heavy atom. The number of nitrogens with zero attached hydrogens (tertiary/aromatic N) is 1. The quantitative estimate of drug-likeness (QED) is 0.418. The van der Waals surface area contributed by atoms with Crippen LogP contribution in [0.25, 0.3) is 0 Å². The molecule has 1 heterocycles. The average molecular weight is 467 g/mol. The molecule has 9 nitrogen and oxygen atoms in total. The van der Waals surface area contributed by atoms with Crippen LogP contribution in [0.15, 0.2) is 24.3 Å². The molecule has 174 valence electrons. The Morgan fingerprint density at radius 1 is 1.12 bits per heavy atom. The van der Waals surface area contributed by atoms with Crippen molar-refractivity contribution in [2.24, 2.45) is 5.41 Å². The number of carbonyl (C=O) groups is 5. The van der Waals surface area contributed by atoms with Gasteiger partial charge < -0.3 is 15.2 Å². The molecule has 32 heavy (non-hydrogen) atoms. The molecule has 0 saturated carbocycles. The van der Waals surface area contributed by atoms with Crippen LogP contribution < -0.4 is 10.6 Å². The number of rotatable bonds is 7. The fraction of sp³-hybridized carbons (Fsp3) is 0.500. The molecule has 1 aromatic rings. The number of aliphatic carboxylic acids is 1. The predicted octanol–water partition coefficient (Wildman–Crippen LogP) is 2.37. The van der Waals surface area contributed by atoms with Gasteiger partial charge in [0.25, 0.3) is 5.91 Å². The number of carboxylic acids is 1. The van der Waals surface area contributed by atoms with Gasteiger partial charge in [-0.05, 0) is 17.5 Å². The zero-order valence-corrected chi connectivity index (χ0v) is 19.1. The van der Waals surface area contributed by atoms with Gasteiger partial charge in [-0.3, -0.25) is 14.9 Å². The number of carboxylic acid groups (broad SMARTS) is 1. The first-order valence-electron chi connectivity index (χ1n) is 10.4. The van der Waals surface area contributed by atoms with Crippen LogP contribution in [-0.2, 0) is 14.4 Å². The molecule has 0 radical (unpaired) electrons. The highest BCUT2D eigenvalue weighted by Gasteiger charge is 2.53. The summed E-state index contributed by atoms with van der Waals surface area (Å²) in [5.41, 5.74) is -0.538. The van der Waals surface area contributed by atoms with Crippen molar-refractivity contribution in [2.45, 2.75) is 52.1 Å². The molecule has 2 rings (SSSR count). The second kappa shape index (κ2) is 10.2. The number of aldehydes is 1. The van der Waals surface area contributed by atoms with Crippen LogP contribution in [-0.4, -0.2) is 64.9 Å². The summed E-state index contributed by atoms with van der Waals surface area (Å²) in [5, 5.41) is 14.3. The molecule has 0 aliphatic carbocycles. The van der Waals surface area contributed by atoms with Gasteiger partial charge in [0, 0.05) is 12.8 Å². The molecule has 2 atom stereocenters. The molecule has 1 aliphatic heterocycles. The van der Waals surface area contributed by atoms with E-state index in [-0.39, 0.29) is 23.7 Å². The maximum Gasteiger partial charge on any atom is 0.424 e. The molecule has 4 amide bonds. The highest BCUT2D eigenvalue weighted by molar-refractivity contribution is 6.33. The number of likely N-dealkylation sites (tertiary alicyclic amines) is 1. The second-order valence-electron chi connectivity index (χ2n) is 9.00. The minimum atomic E-state index is -1.26. The fourth-order valence-corrected chi connectivity index (χ4v) is 3.97. The zero-order chi connectivity index (χ0) is 24.1. The lowest BCUT2D eigenvalue weighted by Gasteiger charge is -2.37. The molecule has 1 saturated heterocycles. The molecular weight excluding hydrogens is 438 g/mol. The average Bonchev–Trinajstić information content (AvgIpc) is 3.21. The molecule has 3 N–H and O–H groups in total. The Kier molecular flexibility index (Phi) is 8.14. The van der Waals surface area contributed by atoms with Crippen molar-refractivity contribution in [2.75, 3.05) is 13.1 Å². The third kappa shape index (κ3) is 5.72. The maximum atomic E-state index is 13.8. The number of hydrogen-bond acceptors (Lipinski definition) is 5. The number of amides is 4. The summed E-state index contributed by atoms with van der Waals surface area (Å²) >= 11 is 6.12. The van der Waals surface area contributed by atoms with Crippen molar-refractivity contribution in [1.29, 1.82) is 0 Å². The Bertz CT molecular complexity index is 905. The first-order chi connectivity index (χ1) is 14.9. The van der Waals surface area contributed by atoms with E-state index in [1.165, 1.54) is 6.07 Å². The van der Waals surface area contributed by atoms with Crippen molar-refractivity contribution in [3.63, 3.8) is 0 Å². The highest BCUT2D eigenvalue weighted by Crippen LogP contribution is 2.29. The van der Waals surface area contributed by atoms with Gasteiger partial charge in [0.15, 0.2) is 6.04 Å². The molecule has 0 spiro atoms. The first-order valence-corrected chi connectivity index (χ1v) is 10.7. The Morgan fingerprint density at radius 3 is 2.22 bits per heavy atom. The zero-order valence-electron chi connectivity index (χ0n) is 18.4. The van der Waals surface area contributed by atoms with Crippen LogP contribution in [0.1, 0.15) is 50.4 Å². The Balaban J connectivity index is 2.35. The number of urea groups is 1. The summed E-state index contributed by atoms with van der Waals surface area (Å²) in [6.45, 7) is 5.69. The minimum Gasteiger partial charge on any atom is -0.481 e. The van der Waals surface area contributed by atoms with E-state index in [9.17, 15) is 24.0 Å². The summed E-state index contributed by atoms with van der Waals surface area (Å²) in [4.78, 5) is 62.0. The third-order valence-corrected chi connectivity index (χ3v) is 5.84. The van der Waals surface area contributed by atoms with E-state index in [4.69, 9.17) is 16.7 Å². The van der Waals surface area contributed by atoms with Crippen molar-refractivity contribution in [3.8, 4) is 0 Å². The SMILES string of the molecule is CC(C)(C)[C@H](NC(=O)c1ccccc1Cl)C(=O)[N+]1(C(=O)N[C@H](C=O)CC(=O)O)CCCC1. The fourth-order valence-electron chi connectivity index (χ4n) is 3.75. The summed E-state index contributed by atoms with van der Waals surface area (Å²) in [6, 6.07) is 3.40. The monoisotopic (exact) mass is 466 g/mol. The van der Waals surface area contributed by atoms with Gasteiger partial charge in [-0.2, -0.15) is 4.48 Å². The van der Waals surface area contributed by atoms with Crippen LogP contribution in [0.3, 0.4) is 0 Å². The maximum absolute atomic E-state index is 13.8. The Labute approximate surface area is 191 Å². The second-order valence-corrected chi connectivity index (χ2v) is 9.41. The minimum absolute atomic E-state index is 0.192. The van der Waals surface area contributed by atoms with E-state index in [1.807, 2.05) is 0 Å². The van der Waals surface area contributed by atoms with Crippen molar-refractivity contribution < 1.29 is 33.6 Å². The normalized spacial score (nSPS) is 17.1. The lowest BCUT2D eigenvalue weighted by atomic mass is 9.85. The molecule has 0 aromatic heterocycles. The number of hydrogen-bond donors (Lipinski definition) is 3. The first kappa shape index (κ1) is 25.5. The lowest BCUT2D eigenvalue weighted by Crippen LogP contribution is -2.67. The standard InChI is InChI=1S/C22H28ClN3O6/c1-22(2,3)18(25-19(30)15-8-4-5-9-16(15)23)20(31)26(10-6-7-11-26)21(32)24-14(13-27)12-17(28)29/h4-5,8-9,13-14,18H,6-7,10-12H2,1-3H3,(H2-,24,25,28,29,30,32)/p+1/t14-,18+/m0/s1. The smallest absolute Gasteiger partial charge is 0.424 e. The number of halogens is 1. The predicted molar refractivity (Wildman–Crippen MR) is 117 cm³/mol. The topological polar surface area (TPSA) is 130 Å². The Hall–Kier alpha value is -2.78. The number of nitrogens with one attached hydrogen (secondary N) is 2. The number of quaternary nitrogens is 1. The van der Waals surface area contributed by atoms with Crippen molar-refractivity contribution in [3.05, 3.63) is 34.9 Å². The number of imide groups is 1. The molecule has 1 aliphatic rings. The van der Waals surface area contributed by atoms with Crippen LogP contribution in [0.2, 0.25) is 5.02 Å². The van der Waals surface area contributed by atoms with Crippen LogP contribution in [0.4, 0.5) is 4.79 Å². The van der Waals surface area contributed by atoms with Gasteiger partial charge in [-0.1, -0.05) is 44.5 Å². The van der Waals surface area contributed by atoms with Gasteiger partial charge in [0.05, 0.1) is 30.1 Å². The molecule has 1 aromatic carbocycles. The van der Waals surface area contributed by atoms with Crippen LogP contribution in [0.5, 0.6) is 0 Å². The van der Waals surface area contributed by atoms with Crippen molar-refractivity contribution in [1.82, 2.24) is 10.6 Å². The van der Waals surface area contributed by atoms with Gasteiger partial charge in [-0.25, -0.2) is 9.59 Å². The van der Waals surface area contributed by atoms with Crippen LogP contribution >= 0.6 is 11.6 Å². The van der Waals surface area contributed by atoms with E-state index in [2.05, 4.69) is 10.6 Å². The molecule has 10 heteroatoms. The summed E-state index contributed by atoms with van der Waals surface area (Å²) in [7, 11) is 0. The molecule has 0 unspecified atom stereocenters. The number of benzene rings is 1. The van der Waals surface area contributed by atoms with Gasteiger partial charge >= 0.3 is 17.9 Å². The summed E-state index contributed by atoms with van der Waals surface area (Å²) < 4.78 is -0.616. The van der Waals surface area contributed by atoms with Crippen LogP contribution in [0, 0.1) is 5.41 Å². The molecular formula is C22H29ClN3O6+. The van der Waals surface area contributed by atoms with E-state index in [0.29, 0.717) is 19.1 Å². The van der Waals surface area contributed by atoms with Crippen molar-refractivity contribution >= 4 is 41.7 Å². The van der Waals surface area contributed by atoms with E-state index < -0.39 is 52.2 Å². The summed E-state index contributed by atoms with van der Waals surface area (Å²) in [6.07, 6.45) is 0.942. The van der Waals surface area contributed by atoms with E-state index in [0.717, 1.165) is 0 Å². The van der Waals surface area contributed by atoms with E-state index in [1.54, 1.807) is 39.0 Å². The largest absolute Gasteiger partial charge is 0.481 e. The summed E-state index contributed by atoms with van der Waals surface area (Å²) in [5.74, 6) is -2.31. The molecule has 0 bridgehead atoms. The van der Waals surface area contributed by atoms with Gasteiger partial charge in [-0.15, -0.1) is 0 Å². The highest BCUT2D eigenvalue weighted by atomic mass is 35.5. The lowest BCUT2D eigenvalue weighted by molar-refractivity contribution is -0.761. The van der Waals surface area contributed by atoms with E-state index >= 15 is 0 Å². The number of carbonyl (C=O) groups excluding carboxylic acids is 4. The van der Waals surface area contributed by atoms with Gasteiger partial charge in [0.1, 0.15) is 12.3 Å². The molecule has 1 fully saturated rings. The third-order valence-electron chi connectivity index (χ3n) is 5.51. The van der Waals surface area contributed by atoms with Gasteiger partial charge in [0.2, 0.25) is 0 Å².